The first-order valence-electron chi connectivity index (χ1n) is 6.31. The topological polar surface area (TPSA) is 103 Å². The molecule has 0 aromatic carbocycles. The number of hydrogen-bond donors (Lipinski definition) is 1. The maximum atomic E-state index is 11.7. The van der Waals surface area contributed by atoms with Crippen LogP contribution in [0.5, 0.6) is 0 Å². The lowest BCUT2D eigenvalue weighted by molar-refractivity contribution is -0.147. The summed E-state index contributed by atoms with van der Waals surface area (Å²) in [6, 6.07) is 1.74. The zero-order valence-electron chi connectivity index (χ0n) is 11.4. The lowest BCUT2D eigenvalue weighted by Crippen LogP contribution is -2.52. The highest BCUT2D eigenvalue weighted by Gasteiger charge is 2.25. The lowest BCUT2D eigenvalue weighted by atomic mass is 10.2. The van der Waals surface area contributed by atoms with E-state index < -0.39 is 11.8 Å². The third-order valence-corrected chi connectivity index (χ3v) is 3.04. The predicted octanol–water partition coefficient (Wildman–Crippen LogP) is -1.67. The summed E-state index contributed by atoms with van der Waals surface area (Å²) in [4.78, 5) is 37.6. The standard InChI is InChI=1S/C12H18N4O4/c1-20-10(17)2-5-15-6-8-16(9-7-15)12(19)11(18)14-4-3-13/h2,4-9H2,1H3,(H,14,18). The fourth-order valence-corrected chi connectivity index (χ4v) is 1.87. The average molecular weight is 282 g/mol. The second-order valence-corrected chi connectivity index (χ2v) is 4.30. The van der Waals surface area contributed by atoms with Gasteiger partial charge in [-0.1, -0.05) is 0 Å². The van der Waals surface area contributed by atoms with Gasteiger partial charge in [0.25, 0.3) is 0 Å². The van der Waals surface area contributed by atoms with Gasteiger partial charge in [0.2, 0.25) is 0 Å². The summed E-state index contributed by atoms with van der Waals surface area (Å²) in [5.74, 6) is -1.64. The van der Waals surface area contributed by atoms with Crippen LogP contribution in [0.1, 0.15) is 6.42 Å². The van der Waals surface area contributed by atoms with Crippen molar-refractivity contribution in [1.82, 2.24) is 15.1 Å². The minimum Gasteiger partial charge on any atom is -0.469 e. The molecule has 1 N–H and O–H groups in total. The Labute approximate surface area is 117 Å². The van der Waals surface area contributed by atoms with Crippen LogP contribution >= 0.6 is 0 Å². The van der Waals surface area contributed by atoms with Gasteiger partial charge in [-0.3, -0.25) is 19.3 Å². The minimum atomic E-state index is -0.755. The molecule has 0 unspecified atom stereocenters. The first kappa shape index (κ1) is 15.9. The first-order valence-corrected chi connectivity index (χ1v) is 6.31. The second kappa shape index (κ2) is 8.12. The molecule has 1 saturated heterocycles. The number of nitriles is 1. The number of esters is 1. The van der Waals surface area contributed by atoms with E-state index in [-0.39, 0.29) is 12.5 Å². The van der Waals surface area contributed by atoms with Crippen LogP contribution in [-0.4, -0.2) is 74.0 Å². The van der Waals surface area contributed by atoms with Crippen LogP contribution < -0.4 is 5.32 Å². The fourth-order valence-electron chi connectivity index (χ4n) is 1.87. The third-order valence-electron chi connectivity index (χ3n) is 3.04. The summed E-state index contributed by atoms with van der Waals surface area (Å²) >= 11 is 0. The number of amides is 2. The van der Waals surface area contributed by atoms with Gasteiger partial charge in [-0.25, -0.2) is 0 Å². The monoisotopic (exact) mass is 282 g/mol. The normalized spacial score (nSPS) is 15.3. The lowest BCUT2D eigenvalue weighted by Gasteiger charge is -2.34. The first-order chi connectivity index (χ1) is 9.58. The molecule has 110 valence electrons. The highest BCUT2D eigenvalue weighted by atomic mass is 16.5. The molecule has 0 atom stereocenters. The van der Waals surface area contributed by atoms with E-state index in [0.717, 1.165) is 0 Å². The van der Waals surface area contributed by atoms with E-state index in [1.165, 1.54) is 12.0 Å². The predicted molar refractivity (Wildman–Crippen MR) is 68.3 cm³/mol. The number of piperazine rings is 1. The van der Waals surface area contributed by atoms with E-state index in [1.54, 1.807) is 6.07 Å². The van der Waals surface area contributed by atoms with Gasteiger partial charge in [0.15, 0.2) is 0 Å². The second-order valence-electron chi connectivity index (χ2n) is 4.30. The quantitative estimate of drug-likeness (QED) is 0.376. The molecule has 2 amide bonds. The summed E-state index contributed by atoms with van der Waals surface area (Å²) in [5.41, 5.74) is 0. The Kier molecular flexibility index (Phi) is 6.46. The molecule has 1 heterocycles. The van der Waals surface area contributed by atoms with Crippen LogP contribution in [0.15, 0.2) is 0 Å². The smallest absolute Gasteiger partial charge is 0.311 e. The number of rotatable bonds is 4. The van der Waals surface area contributed by atoms with E-state index in [4.69, 9.17) is 5.26 Å². The Hall–Kier alpha value is -2.14. The third kappa shape index (κ3) is 4.85. The summed E-state index contributed by atoms with van der Waals surface area (Å²) < 4.78 is 4.56. The highest BCUT2D eigenvalue weighted by molar-refractivity contribution is 6.35. The molecule has 8 heteroatoms. The Balaban J connectivity index is 2.31. The van der Waals surface area contributed by atoms with Crippen molar-refractivity contribution in [2.45, 2.75) is 6.42 Å². The van der Waals surface area contributed by atoms with Gasteiger partial charge in [-0.2, -0.15) is 5.26 Å². The molecular weight excluding hydrogens is 264 g/mol. The number of methoxy groups -OCH3 is 1. The van der Waals surface area contributed by atoms with Crippen LogP contribution in [0.3, 0.4) is 0 Å². The number of nitrogens with one attached hydrogen (secondary N) is 1. The van der Waals surface area contributed by atoms with Crippen molar-refractivity contribution in [3.8, 4) is 6.07 Å². The molecule has 0 saturated carbocycles. The molecule has 8 nitrogen and oxygen atoms in total. The average Bonchev–Trinajstić information content (AvgIpc) is 2.49. The SMILES string of the molecule is COC(=O)CCN1CCN(C(=O)C(=O)NCC#N)CC1. The molecule has 0 bridgehead atoms. The fraction of sp³-hybridized carbons (Fsp3) is 0.667. The molecule has 1 rings (SSSR count). The molecule has 1 fully saturated rings. The van der Waals surface area contributed by atoms with Crippen LogP contribution in [0, 0.1) is 11.3 Å². The van der Waals surface area contributed by atoms with Gasteiger partial charge in [0, 0.05) is 32.7 Å². The maximum absolute atomic E-state index is 11.7. The van der Waals surface area contributed by atoms with Crippen molar-refractivity contribution in [1.29, 1.82) is 5.26 Å². The molecule has 0 aliphatic carbocycles. The van der Waals surface area contributed by atoms with E-state index in [2.05, 4.69) is 10.1 Å². The Morgan fingerprint density at radius 1 is 1.25 bits per heavy atom. The number of hydrogen-bond acceptors (Lipinski definition) is 6. The zero-order valence-corrected chi connectivity index (χ0v) is 11.4. The van der Waals surface area contributed by atoms with Crippen molar-refractivity contribution in [2.75, 3.05) is 46.4 Å². The number of carbonyl (C=O) groups excluding carboxylic acids is 3. The Morgan fingerprint density at radius 3 is 2.45 bits per heavy atom. The summed E-state index contributed by atoms with van der Waals surface area (Å²) in [7, 11) is 1.35. The van der Waals surface area contributed by atoms with Crippen LogP contribution in [-0.2, 0) is 19.1 Å². The van der Waals surface area contributed by atoms with Crippen molar-refractivity contribution < 1.29 is 19.1 Å². The Morgan fingerprint density at radius 2 is 1.90 bits per heavy atom. The maximum Gasteiger partial charge on any atom is 0.311 e. The molecule has 20 heavy (non-hydrogen) atoms. The van der Waals surface area contributed by atoms with Crippen molar-refractivity contribution in [2.24, 2.45) is 0 Å². The number of carbonyl (C=O) groups is 3. The molecule has 1 aliphatic heterocycles. The van der Waals surface area contributed by atoms with E-state index in [0.29, 0.717) is 39.1 Å². The molecule has 0 radical (unpaired) electrons. The van der Waals surface area contributed by atoms with Gasteiger partial charge >= 0.3 is 17.8 Å². The van der Waals surface area contributed by atoms with Crippen LogP contribution in [0.25, 0.3) is 0 Å². The molecule has 1 aliphatic rings. The minimum absolute atomic E-state index is 0.177. The van der Waals surface area contributed by atoms with E-state index in [1.807, 2.05) is 4.90 Å². The van der Waals surface area contributed by atoms with E-state index >= 15 is 0 Å². The van der Waals surface area contributed by atoms with Crippen LogP contribution in [0.2, 0.25) is 0 Å². The van der Waals surface area contributed by atoms with Crippen LogP contribution in [0.4, 0.5) is 0 Å². The van der Waals surface area contributed by atoms with E-state index in [9.17, 15) is 14.4 Å². The summed E-state index contributed by atoms with van der Waals surface area (Å²) in [6.45, 7) is 2.47. The molecular formula is C12H18N4O4. The molecule has 0 spiro atoms. The van der Waals surface area contributed by atoms with Crippen molar-refractivity contribution >= 4 is 17.8 Å². The largest absolute Gasteiger partial charge is 0.469 e. The van der Waals surface area contributed by atoms with Crippen molar-refractivity contribution in [3.05, 3.63) is 0 Å². The zero-order chi connectivity index (χ0) is 15.0. The summed E-state index contributed by atoms with van der Waals surface area (Å²) in [6.07, 6.45) is 0.313. The Bertz CT molecular complexity index is 410. The van der Waals surface area contributed by atoms with Gasteiger partial charge < -0.3 is 15.0 Å². The molecule has 0 aromatic rings. The van der Waals surface area contributed by atoms with Gasteiger partial charge in [0.05, 0.1) is 19.6 Å². The van der Waals surface area contributed by atoms with Gasteiger partial charge in [-0.15, -0.1) is 0 Å². The number of nitrogens with zero attached hydrogens (tertiary/aromatic N) is 3. The highest BCUT2D eigenvalue weighted by Crippen LogP contribution is 2.03. The number of ether oxygens (including phenoxy) is 1. The van der Waals surface area contributed by atoms with Crippen molar-refractivity contribution in [3.63, 3.8) is 0 Å². The summed E-state index contributed by atoms with van der Waals surface area (Å²) in [5, 5.41) is 10.6. The molecule has 0 aromatic heterocycles. The van der Waals surface area contributed by atoms with Gasteiger partial charge in [0.1, 0.15) is 6.54 Å². The van der Waals surface area contributed by atoms with Gasteiger partial charge in [-0.05, 0) is 0 Å².